The van der Waals surface area contributed by atoms with Crippen LogP contribution < -0.4 is 11.1 Å². The minimum Gasteiger partial charge on any atom is -0.330 e. The molecule has 1 amide bonds. The second-order valence-electron chi connectivity index (χ2n) is 6.48. The molecular weight excluding hydrogens is 343 g/mol. The van der Waals surface area contributed by atoms with Crippen molar-refractivity contribution in [2.45, 2.75) is 32.5 Å². The number of hydrogen-bond acceptors (Lipinski definition) is 3. The smallest absolute Gasteiger partial charge is 0.330 e. The number of nitrogens with zero attached hydrogens (tertiary/aromatic N) is 1. The molecule has 0 radical (unpaired) electrons. The predicted octanol–water partition coefficient (Wildman–Crippen LogP) is 3.12. The van der Waals surface area contributed by atoms with E-state index in [1.165, 1.54) is 12.1 Å². The van der Waals surface area contributed by atoms with Crippen molar-refractivity contribution >= 4 is 24.0 Å². The quantitative estimate of drug-likeness (QED) is 0.861. The van der Waals surface area contributed by atoms with Crippen LogP contribution >= 0.6 is 12.4 Å². The molecule has 1 heterocycles. The van der Waals surface area contributed by atoms with Crippen LogP contribution in [0.1, 0.15) is 25.8 Å². The lowest BCUT2D eigenvalue weighted by molar-refractivity contribution is -0.137. The third-order valence-corrected chi connectivity index (χ3v) is 4.46. The summed E-state index contributed by atoms with van der Waals surface area (Å²) in [6, 6.07) is 4.24. The Morgan fingerprint density at radius 2 is 2.12 bits per heavy atom. The molecular formula is C16H23ClF3N3O. The Morgan fingerprint density at radius 1 is 1.46 bits per heavy atom. The van der Waals surface area contributed by atoms with E-state index in [0.29, 0.717) is 13.1 Å². The highest BCUT2D eigenvalue weighted by atomic mass is 35.5. The maximum atomic E-state index is 12.7. The highest BCUT2D eigenvalue weighted by Crippen LogP contribution is 2.32. The molecule has 3 N–H and O–H groups in total. The monoisotopic (exact) mass is 365 g/mol. The standard InChI is InChI=1S/C16H22F3N3O.ClH/c1-11(22-7-6-15(2,9-20)10-22)14(23)21-13-5-3-4-12(8-13)16(17,18)19;/h3-5,8,11H,6-7,9-10,20H2,1-2H3,(H,21,23);1H. The number of anilines is 1. The average molecular weight is 366 g/mol. The van der Waals surface area contributed by atoms with Crippen molar-refractivity contribution in [3.63, 3.8) is 0 Å². The molecule has 8 heteroatoms. The second kappa shape index (κ2) is 7.72. The van der Waals surface area contributed by atoms with Crippen LogP contribution in [0.5, 0.6) is 0 Å². The van der Waals surface area contributed by atoms with Crippen LogP contribution in [0.25, 0.3) is 0 Å². The highest BCUT2D eigenvalue weighted by molar-refractivity contribution is 5.94. The molecule has 0 aliphatic carbocycles. The van der Waals surface area contributed by atoms with Crippen LogP contribution in [-0.2, 0) is 11.0 Å². The van der Waals surface area contributed by atoms with Gasteiger partial charge < -0.3 is 11.1 Å². The first-order chi connectivity index (χ1) is 10.6. The van der Waals surface area contributed by atoms with Gasteiger partial charge in [-0.2, -0.15) is 13.2 Å². The summed E-state index contributed by atoms with van der Waals surface area (Å²) in [5.41, 5.74) is 5.12. The van der Waals surface area contributed by atoms with Crippen LogP contribution in [0, 0.1) is 5.41 Å². The van der Waals surface area contributed by atoms with Crippen molar-refractivity contribution in [3.8, 4) is 0 Å². The van der Waals surface area contributed by atoms with Crippen molar-refractivity contribution in [2.24, 2.45) is 11.1 Å². The molecule has 2 unspecified atom stereocenters. The van der Waals surface area contributed by atoms with E-state index < -0.39 is 17.8 Å². The van der Waals surface area contributed by atoms with Crippen LogP contribution in [0.3, 0.4) is 0 Å². The molecule has 2 atom stereocenters. The fourth-order valence-electron chi connectivity index (χ4n) is 2.74. The molecule has 0 saturated carbocycles. The Hall–Kier alpha value is -1.31. The lowest BCUT2D eigenvalue weighted by Gasteiger charge is -2.26. The fraction of sp³-hybridized carbons (Fsp3) is 0.562. The number of amides is 1. The van der Waals surface area contributed by atoms with Crippen LogP contribution in [-0.4, -0.2) is 36.5 Å². The van der Waals surface area contributed by atoms with Crippen LogP contribution in [0.4, 0.5) is 18.9 Å². The first-order valence-electron chi connectivity index (χ1n) is 7.57. The topological polar surface area (TPSA) is 58.4 Å². The predicted molar refractivity (Wildman–Crippen MR) is 90.1 cm³/mol. The van der Waals surface area contributed by atoms with Gasteiger partial charge in [-0.3, -0.25) is 9.69 Å². The average Bonchev–Trinajstić information content (AvgIpc) is 2.89. The van der Waals surface area contributed by atoms with Gasteiger partial charge in [0.2, 0.25) is 5.91 Å². The van der Waals surface area contributed by atoms with Gasteiger partial charge >= 0.3 is 6.18 Å². The molecule has 4 nitrogen and oxygen atoms in total. The number of alkyl halides is 3. The lowest BCUT2D eigenvalue weighted by atomic mass is 9.90. The molecule has 1 fully saturated rings. The van der Waals surface area contributed by atoms with Gasteiger partial charge in [0.25, 0.3) is 0 Å². The van der Waals surface area contributed by atoms with Gasteiger partial charge in [0.15, 0.2) is 0 Å². The highest BCUT2D eigenvalue weighted by Gasteiger charge is 2.36. The summed E-state index contributed by atoms with van der Waals surface area (Å²) in [7, 11) is 0. The number of nitrogens with one attached hydrogen (secondary N) is 1. The van der Waals surface area contributed by atoms with Gasteiger partial charge in [-0.15, -0.1) is 12.4 Å². The first-order valence-corrected chi connectivity index (χ1v) is 7.57. The molecule has 1 aromatic carbocycles. The minimum absolute atomic E-state index is 0. The molecule has 1 aromatic rings. The zero-order valence-electron chi connectivity index (χ0n) is 13.7. The third-order valence-electron chi connectivity index (χ3n) is 4.46. The number of benzene rings is 1. The number of rotatable bonds is 4. The largest absolute Gasteiger partial charge is 0.416 e. The van der Waals surface area contributed by atoms with E-state index in [0.717, 1.165) is 25.1 Å². The van der Waals surface area contributed by atoms with E-state index in [1.807, 2.05) is 4.90 Å². The van der Waals surface area contributed by atoms with E-state index in [9.17, 15) is 18.0 Å². The number of carbonyl (C=O) groups is 1. The van der Waals surface area contributed by atoms with Gasteiger partial charge in [-0.25, -0.2) is 0 Å². The summed E-state index contributed by atoms with van der Waals surface area (Å²) in [5, 5.41) is 2.56. The van der Waals surface area contributed by atoms with E-state index in [-0.39, 0.29) is 29.4 Å². The molecule has 24 heavy (non-hydrogen) atoms. The molecule has 0 spiro atoms. The Labute approximate surface area is 146 Å². The fourth-order valence-corrected chi connectivity index (χ4v) is 2.74. The number of likely N-dealkylation sites (tertiary alicyclic amines) is 1. The molecule has 1 saturated heterocycles. The summed E-state index contributed by atoms with van der Waals surface area (Å²) in [6.07, 6.45) is -3.52. The molecule has 2 rings (SSSR count). The Morgan fingerprint density at radius 3 is 2.67 bits per heavy atom. The minimum atomic E-state index is -4.43. The maximum Gasteiger partial charge on any atom is 0.416 e. The second-order valence-corrected chi connectivity index (χ2v) is 6.48. The van der Waals surface area contributed by atoms with Gasteiger partial charge in [-0.1, -0.05) is 13.0 Å². The molecule has 0 aromatic heterocycles. The van der Waals surface area contributed by atoms with Crippen molar-refractivity contribution < 1.29 is 18.0 Å². The summed E-state index contributed by atoms with van der Waals surface area (Å²) in [6.45, 7) is 5.84. The molecule has 136 valence electrons. The summed E-state index contributed by atoms with van der Waals surface area (Å²) >= 11 is 0. The Bertz CT molecular complexity index is 582. The van der Waals surface area contributed by atoms with E-state index in [4.69, 9.17) is 5.73 Å². The molecule has 1 aliphatic heterocycles. The first kappa shape index (κ1) is 20.7. The number of carbonyl (C=O) groups excluding carboxylic acids is 1. The maximum absolute atomic E-state index is 12.7. The molecule has 0 bridgehead atoms. The Balaban J connectivity index is 0.00000288. The van der Waals surface area contributed by atoms with Crippen LogP contribution in [0.2, 0.25) is 0 Å². The van der Waals surface area contributed by atoms with Crippen molar-refractivity contribution in [1.29, 1.82) is 0 Å². The van der Waals surface area contributed by atoms with Crippen molar-refractivity contribution in [3.05, 3.63) is 29.8 Å². The van der Waals surface area contributed by atoms with Gasteiger partial charge in [-0.05, 0) is 50.0 Å². The van der Waals surface area contributed by atoms with E-state index in [1.54, 1.807) is 6.92 Å². The van der Waals surface area contributed by atoms with Gasteiger partial charge in [0.05, 0.1) is 11.6 Å². The van der Waals surface area contributed by atoms with Gasteiger partial charge in [0, 0.05) is 12.2 Å². The SMILES string of the molecule is CC(C(=O)Nc1cccc(C(F)(F)F)c1)N1CCC(C)(CN)C1.Cl. The van der Waals surface area contributed by atoms with E-state index in [2.05, 4.69) is 12.2 Å². The number of hydrogen-bond donors (Lipinski definition) is 2. The van der Waals surface area contributed by atoms with Gasteiger partial charge in [0.1, 0.15) is 0 Å². The number of halogens is 4. The van der Waals surface area contributed by atoms with E-state index >= 15 is 0 Å². The third kappa shape index (κ3) is 4.84. The normalized spacial score (nSPS) is 22.8. The lowest BCUT2D eigenvalue weighted by Crippen LogP contribution is -2.42. The molecule has 1 aliphatic rings. The van der Waals surface area contributed by atoms with Crippen LogP contribution in [0.15, 0.2) is 24.3 Å². The van der Waals surface area contributed by atoms with Crippen molar-refractivity contribution in [1.82, 2.24) is 4.90 Å². The summed E-state index contributed by atoms with van der Waals surface area (Å²) in [4.78, 5) is 14.3. The zero-order chi connectivity index (χ0) is 17.3. The summed E-state index contributed by atoms with van der Waals surface area (Å²) < 4.78 is 38.1. The summed E-state index contributed by atoms with van der Waals surface area (Å²) in [5.74, 6) is -0.314. The zero-order valence-corrected chi connectivity index (χ0v) is 14.5. The number of nitrogens with two attached hydrogens (primary N) is 1. The Kier molecular flexibility index (Phi) is 6.67. The van der Waals surface area contributed by atoms with Crippen molar-refractivity contribution in [2.75, 3.05) is 25.0 Å².